The van der Waals surface area contributed by atoms with E-state index in [2.05, 4.69) is 10.2 Å². The number of methoxy groups -OCH3 is 1. The molecule has 3 unspecified atom stereocenters. The number of piperidine rings is 1. The lowest BCUT2D eigenvalue weighted by Gasteiger charge is -2.43. The van der Waals surface area contributed by atoms with Gasteiger partial charge in [0, 0.05) is 25.7 Å². The van der Waals surface area contributed by atoms with E-state index in [4.69, 9.17) is 4.74 Å². The molecule has 0 spiro atoms. The number of hydrogen-bond donors (Lipinski definition) is 1. The highest BCUT2D eigenvalue weighted by Crippen LogP contribution is 2.28. The molecule has 0 aromatic heterocycles. The Morgan fingerprint density at radius 3 is 2.74 bits per heavy atom. The summed E-state index contributed by atoms with van der Waals surface area (Å²) < 4.78 is 5.50. The van der Waals surface area contributed by atoms with Crippen molar-refractivity contribution in [1.82, 2.24) is 10.2 Å². The molecular weight excluding hydrogens is 240 g/mol. The quantitative estimate of drug-likeness (QED) is 0.847. The zero-order valence-corrected chi connectivity index (χ0v) is 12.6. The van der Waals surface area contributed by atoms with Gasteiger partial charge in [-0.2, -0.15) is 0 Å². The maximum absolute atomic E-state index is 12.8. The van der Waals surface area contributed by atoms with Crippen LogP contribution in [0.25, 0.3) is 0 Å². The Morgan fingerprint density at radius 1 is 1.37 bits per heavy atom. The highest BCUT2D eigenvalue weighted by molar-refractivity contribution is 5.85. The fourth-order valence-corrected chi connectivity index (χ4v) is 3.35. The number of amides is 1. The van der Waals surface area contributed by atoms with Gasteiger partial charge in [-0.05, 0) is 52.0 Å². The van der Waals surface area contributed by atoms with Crippen LogP contribution in [0.2, 0.25) is 0 Å². The first-order chi connectivity index (χ1) is 9.12. The second-order valence-electron chi connectivity index (χ2n) is 6.05. The number of carbonyl (C=O) groups excluding carboxylic acids is 1. The van der Waals surface area contributed by atoms with Gasteiger partial charge in [-0.3, -0.25) is 4.79 Å². The third kappa shape index (κ3) is 2.95. The highest BCUT2D eigenvalue weighted by Gasteiger charge is 2.41. The van der Waals surface area contributed by atoms with Crippen molar-refractivity contribution in [3.8, 4) is 0 Å². The Hall–Kier alpha value is -0.610. The van der Waals surface area contributed by atoms with Crippen LogP contribution < -0.4 is 5.32 Å². The molecule has 0 radical (unpaired) electrons. The molecule has 4 nitrogen and oxygen atoms in total. The van der Waals surface area contributed by atoms with Gasteiger partial charge in [0.25, 0.3) is 5.91 Å². The van der Waals surface area contributed by atoms with Crippen LogP contribution in [-0.2, 0) is 9.53 Å². The van der Waals surface area contributed by atoms with Gasteiger partial charge in [0.1, 0.15) is 5.60 Å². The van der Waals surface area contributed by atoms with Crippen molar-refractivity contribution < 1.29 is 9.53 Å². The highest BCUT2D eigenvalue weighted by atomic mass is 16.5. The monoisotopic (exact) mass is 268 g/mol. The van der Waals surface area contributed by atoms with Crippen molar-refractivity contribution in [1.29, 1.82) is 0 Å². The van der Waals surface area contributed by atoms with Gasteiger partial charge in [-0.25, -0.2) is 0 Å². The maximum Gasteiger partial charge on any atom is 0.254 e. The first-order valence-electron chi connectivity index (χ1n) is 7.72. The summed E-state index contributed by atoms with van der Waals surface area (Å²) in [6, 6.07) is 0.854. The molecule has 19 heavy (non-hydrogen) atoms. The molecular formula is C15H28N2O2. The smallest absolute Gasteiger partial charge is 0.254 e. The predicted octanol–water partition coefficient (Wildman–Crippen LogP) is 1.93. The van der Waals surface area contributed by atoms with Crippen LogP contribution in [0.4, 0.5) is 0 Å². The van der Waals surface area contributed by atoms with Crippen molar-refractivity contribution in [2.75, 3.05) is 20.2 Å². The molecule has 0 saturated carbocycles. The first kappa shape index (κ1) is 14.8. The fourth-order valence-electron chi connectivity index (χ4n) is 3.35. The lowest BCUT2D eigenvalue weighted by Crippen LogP contribution is -2.58. The third-order valence-corrected chi connectivity index (χ3v) is 4.95. The molecule has 110 valence electrons. The van der Waals surface area contributed by atoms with Crippen LogP contribution in [0.5, 0.6) is 0 Å². The topological polar surface area (TPSA) is 41.6 Å². The van der Waals surface area contributed by atoms with Crippen molar-refractivity contribution in [3.63, 3.8) is 0 Å². The summed E-state index contributed by atoms with van der Waals surface area (Å²) in [4.78, 5) is 14.9. The Balaban J connectivity index is 2.12. The van der Waals surface area contributed by atoms with E-state index in [-0.39, 0.29) is 5.91 Å². The average Bonchev–Trinajstić information content (AvgIpc) is 2.99. The van der Waals surface area contributed by atoms with Crippen LogP contribution in [0, 0.1) is 0 Å². The van der Waals surface area contributed by atoms with E-state index in [0.717, 1.165) is 32.4 Å². The maximum atomic E-state index is 12.8. The molecule has 0 aliphatic carbocycles. The Morgan fingerprint density at radius 2 is 2.16 bits per heavy atom. The summed E-state index contributed by atoms with van der Waals surface area (Å²) >= 11 is 0. The zero-order valence-electron chi connectivity index (χ0n) is 12.6. The van der Waals surface area contributed by atoms with Crippen LogP contribution >= 0.6 is 0 Å². The molecule has 3 atom stereocenters. The zero-order chi connectivity index (χ0) is 13.9. The van der Waals surface area contributed by atoms with Crippen molar-refractivity contribution >= 4 is 5.91 Å². The molecule has 4 heteroatoms. The molecule has 0 aromatic carbocycles. The number of ether oxygens (including phenoxy) is 1. The Bertz CT molecular complexity index is 309. The summed E-state index contributed by atoms with van der Waals surface area (Å²) in [5.74, 6) is 0.177. The molecule has 1 N–H and O–H groups in total. The molecule has 0 aromatic rings. The van der Waals surface area contributed by atoms with E-state index in [0.29, 0.717) is 12.1 Å². The fraction of sp³-hybridized carbons (Fsp3) is 0.933. The minimum atomic E-state index is -0.659. The third-order valence-electron chi connectivity index (χ3n) is 4.95. The molecule has 2 aliphatic rings. The number of nitrogens with one attached hydrogen (secondary N) is 1. The Kier molecular flexibility index (Phi) is 4.85. The van der Waals surface area contributed by atoms with Crippen LogP contribution in [0.3, 0.4) is 0 Å². The van der Waals surface area contributed by atoms with E-state index in [1.54, 1.807) is 7.11 Å². The van der Waals surface area contributed by atoms with E-state index in [9.17, 15) is 4.79 Å². The first-order valence-corrected chi connectivity index (χ1v) is 7.72. The van der Waals surface area contributed by atoms with Gasteiger partial charge in [0.2, 0.25) is 0 Å². The van der Waals surface area contributed by atoms with E-state index in [1.165, 1.54) is 19.3 Å². The molecule has 1 amide bonds. The number of likely N-dealkylation sites (tertiary alicyclic amines) is 1. The minimum absolute atomic E-state index is 0.177. The molecule has 2 aliphatic heterocycles. The number of carbonyl (C=O) groups is 1. The van der Waals surface area contributed by atoms with Gasteiger partial charge in [-0.1, -0.05) is 6.92 Å². The van der Waals surface area contributed by atoms with Gasteiger partial charge in [-0.15, -0.1) is 0 Å². The average molecular weight is 268 g/mol. The molecule has 2 saturated heterocycles. The lowest BCUT2D eigenvalue weighted by molar-refractivity contribution is -0.158. The second kappa shape index (κ2) is 6.23. The van der Waals surface area contributed by atoms with Crippen LogP contribution in [-0.4, -0.2) is 48.7 Å². The summed E-state index contributed by atoms with van der Waals surface area (Å²) in [5.41, 5.74) is -0.659. The van der Waals surface area contributed by atoms with Gasteiger partial charge in [0.15, 0.2) is 0 Å². The largest absolute Gasteiger partial charge is 0.369 e. The normalized spacial score (nSPS) is 31.2. The summed E-state index contributed by atoms with van der Waals surface area (Å²) in [5, 5.41) is 3.56. The Labute approximate surface area is 116 Å². The SMILES string of the molecule is CCC(C)(OC)C(=O)N1CCCCC1C1CCCN1. The van der Waals surface area contributed by atoms with Crippen molar-refractivity contribution in [2.24, 2.45) is 0 Å². The van der Waals surface area contributed by atoms with E-state index in [1.807, 2.05) is 13.8 Å². The summed E-state index contributed by atoms with van der Waals surface area (Å²) in [7, 11) is 1.65. The summed E-state index contributed by atoms with van der Waals surface area (Å²) in [6.07, 6.45) is 6.65. The summed E-state index contributed by atoms with van der Waals surface area (Å²) in [6.45, 7) is 5.93. The van der Waals surface area contributed by atoms with Crippen molar-refractivity contribution in [3.05, 3.63) is 0 Å². The van der Waals surface area contributed by atoms with Crippen LogP contribution in [0.1, 0.15) is 52.4 Å². The standard InChI is InChI=1S/C15H28N2O2/c1-4-15(2,19-3)14(18)17-11-6-5-9-13(17)12-8-7-10-16-12/h12-13,16H,4-11H2,1-3H3. The number of hydrogen-bond acceptors (Lipinski definition) is 3. The predicted molar refractivity (Wildman–Crippen MR) is 76.1 cm³/mol. The van der Waals surface area contributed by atoms with Gasteiger partial charge < -0.3 is 15.0 Å². The molecule has 2 heterocycles. The van der Waals surface area contributed by atoms with E-state index >= 15 is 0 Å². The molecule has 0 bridgehead atoms. The molecule has 2 fully saturated rings. The number of rotatable bonds is 4. The van der Waals surface area contributed by atoms with Gasteiger partial charge in [0.05, 0.1) is 0 Å². The van der Waals surface area contributed by atoms with Gasteiger partial charge >= 0.3 is 0 Å². The van der Waals surface area contributed by atoms with E-state index < -0.39 is 5.60 Å². The van der Waals surface area contributed by atoms with Crippen LogP contribution in [0.15, 0.2) is 0 Å². The lowest BCUT2D eigenvalue weighted by atomic mass is 9.91. The number of nitrogens with zero attached hydrogens (tertiary/aromatic N) is 1. The minimum Gasteiger partial charge on any atom is -0.369 e. The second-order valence-corrected chi connectivity index (χ2v) is 6.05. The van der Waals surface area contributed by atoms with Crippen molar-refractivity contribution in [2.45, 2.75) is 70.1 Å². The molecule has 2 rings (SSSR count).